The monoisotopic (exact) mass is 280 g/mol. The Hall–Kier alpha value is -1.86. The van der Waals surface area contributed by atoms with E-state index in [0.29, 0.717) is 24.6 Å². The molecule has 1 aromatic rings. The van der Waals surface area contributed by atoms with Gasteiger partial charge in [-0.25, -0.2) is 9.78 Å². The molecule has 110 valence electrons. The van der Waals surface area contributed by atoms with Gasteiger partial charge in [0.25, 0.3) is 0 Å². The van der Waals surface area contributed by atoms with Crippen LogP contribution >= 0.6 is 0 Å². The van der Waals surface area contributed by atoms with Gasteiger partial charge in [-0.3, -0.25) is 4.90 Å². The predicted octanol–water partition coefficient (Wildman–Crippen LogP) is -0.134. The van der Waals surface area contributed by atoms with Gasteiger partial charge in [-0.2, -0.15) is 0 Å². The smallest absolute Gasteiger partial charge is 0.339 e. The highest BCUT2D eigenvalue weighted by Gasteiger charge is 2.21. The summed E-state index contributed by atoms with van der Waals surface area (Å²) in [5, 5.41) is 18.2. The molecule has 1 fully saturated rings. The van der Waals surface area contributed by atoms with Crippen molar-refractivity contribution in [2.24, 2.45) is 0 Å². The van der Waals surface area contributed by atoms with Crippen LogP contribution in [-0.4, -0.2) is 65.4 Å². The molecular weight excluding hydrogens is 260 g/mol. The van der Waals surface area contributed by atoms with Crippen LogP contribution in [0, 0.1) is 0 Å². The molecule has 4 N–H and O–H groups in total. The average molecular weight is 280 g/mol. The van der Waals surface area contributed by atoms with Crippen molar-refractivity contribution in [2.75, 3.05) is 50.0 Å². The molecule has 2 heterocycles. The first-order valence-corrected chi connectivity index (χ1v) is 6.69. The van der Waals surface area contributed by atoms with Gasteiger partial charge in [0.05, 0.1) is 18.5 Å². The third kappa shape index (κ3) is 3.37. The fourth-order valence-corrected chi connectivity index (χ4v) is 2.43. The number of β-amino-alcohol motifs (C(OH)–C–C–N with tert-alkyl or cyclic N) is 1. The maximum absolute atomic E-state index is 11.3. The molecular formula is C13H20N4O3. The van der Waals surface area contributed by atoms with Gasteiger partial charge in [-0.05, 0) is 19.0 Å². The Balaban J connectivity index is 2.17. The third-order valence-electron chi connectivity index (χ3n) is 3.42. The minimum atomic E-state index is -1.02. The van der Waals surface area contributed by atoms with Crippen molar-refractivity contribution in [1.29, 1.82) is 0 Å². The summed E-state index contributed by atoms with van der Waals surface area (Å²) in [5.41, 5.74) is 6.10. The number of nitrogens with zero attached hydrogens (tertiary/aromatic N) is 3. The fourth-order valence-electron chi connectivity index (χ4n) is 2.43. The molecule has 1 aliphatic rings. The Morgan fingerprint density at radius 2 is 2.15 bits per heavy atom. The van der Waals surface area contributed by atoms with E-state index in [2.05, 4.69) is 9.88 Å². The van der Waals surface area contributed by atoms with Crippen molar-refractivity contribution in [3.05, 3.63) is 17.8 Å². The van der Waals surface area contributed by atoms with Crippen LogP contribution in [0.5, 0.6) is 0 Å². The molecule has 0 saturated carbocycles. The number of carboxylic acids is 1. The molecule has 7 heteroatoms. The Morgan fingerprint density at radius 3 is 2.85 bits per heavy atom. The minimum absolute atomic E-state index is 0.139. The number of carboxylic acid groups (broad SMARTS) is 1. The number of nitrogen functional groups attached to an aromatic ring is 1. The van der Waals surface area contributed by atoms with Crippen molar-refractivity contribution >= 4 is 17.5 Å². The minimum Gasteiger partial charge on any atom is -0.478 e. The summed E-state index contributed by atoms with van der Waals surface area (Å²) in [7, 11) is 0. The number of aromatic carboxylic acids is 1. The lowest BCUT2D eigenvalue weighted by molar-refractivity contribution is 0.0697. The van der Waals surface area contributed by atoms with Gasteiger partial charge in [0.15, 0.2) is 0 Å². The zero-order valence-electron chi connectivity index (χ0n) is 11.3. The molecule has 0 spiro atoms. The van der Waals surface area contributed by atoms with Gasteiger partial charge in [0, 0.05) is 26.2 Å². The first-order chi connectivity index (χ1) is 9.61. The second-order valence-corrected chi connectivity index (χ2v) is 4.85. The van der Waals surface area contributed by atoms with Crippen molar-refractivity contribution < 1.29 is 15.0 Å². The van der Waals surface area contributed by atoms with E-state index in [0.717, 1.165) is 26.1 Å². The van der Waals surface area contributed by atoms with Crippen LogP contribution in [0.15, 0.2) is 12.3 Å². The van der Waals surface area contributed by atoms with Crippen molar-refractivity contribution in [2.45, 2.75) is 6.42 Å². The SMILES string of the molecule is Nc1cnc(N2CCCN(CCO)CC2)c(C(=O)O)c1. The van der Waals surface area contributed by atoms with E-state index in [1.807, 2.05) is 4.90 Å². The molecule has 7 nitrogen and oxygen atoms in total. The van der Waals surface area contributed by atoms with Crippen LogP contribution in [0.3, 0.4) is 0 Å². The average Bonchev–Trinajstić information content (AvgIpc) is 2.65. The van der Waals surface area contributed by atoms with E-state index in [9.17, 15) is 9.90 Å². The number of pyridine rings is 1. The molecule has 2 rings (SSSR count). The van der Waals surface area contributed by atoms with Gasteiger partial charge in [0.1, 0.15) is 11.4 Å². The molecule has 1 aromatic heterocycles. The zero-order chi connectivity index (χ0) is 14.5. The largest absolute Gasteiger partial charge is 0.478 e. The van der Waals surface area contributed by atoms with E-state index in [-0.39, 0.29) is 12.2 Å². The van der Waals surface area contributed by atoms with Crippen LogP contribution in [0.1, 0.15) is 16.8 Å². The highest BCUT2D eigenvalue weighted by molar-refractivity contribution is 5.94. The number of aliphatic hydroxyl groups is 1. The summed E-state index contributed by atoms with van der Waals surface area (Å²) >= 11 is 0. The zero-order valence-corrected chi connectivity index (χ0v) is 11.3. The van der Waals surface area contributed by atoms with Crippen molar-refractivity contribution in [3.63, 3.8) is 0 Å². The van der Waals surface area contributed by atoms with Crippen LogP contribution < -0.4 is 10.6 Å². The molecule has 0 aromatic carbocycles. The fraction of sp³-hybridized carbons (Fsp3) is 0.538. The normalized spacial score (nSPS) is 16.9. The lowest BCUT2D eigenvalue weighted by Gasteiger charge is -2.23. The quantitative estimate of drug-likeness (QED) is 0.705. The standard InChI is InChI=1S/C13H20N4O3/c14-10-8-11(13(19)20)12(15-9-10)17-3-1-2-16(4-5-17)6-7-18/h8-9,18H,1-7,14H2,(H,19,20). The Kier molecular flexibility index (Phi) is 4.75. The van der Waals surface area contributed by atoms with E-state index < -0.39 is 5.97 Å². The molecule has 0 atom stereocenters. The highest BCUT2D eigenvalue weighted by atomic mass is 16.4. The summed E-state index contributed by atoms with van der Waals surface area (Å²) in [6.07, 6.45) is 2.39. The number of hydrogen-bond donors (Lipinski definition) is 3. The first-order valence-electron chi connectivity index (χ1n) is 6.69. The number of nitrogens with two attached hydrogens (primary N) is 1. The molecule has 1 aliphatic heterocycles. The number of hydrogen-bond acceptors (Lipinski definition) is 6. The molecule has 0 unspecified atom stereocenters. The molecule has 0 bridgehead atoms. The van der Waals surface area contributed by atoms with E-state index >= 15 is 0 Å². The summed E-state index contributed by atoms with van der Waals surface area (Å²) < 4.78 is 0. The van der Waals surface area contributed by atoms with Crippen LogP contribution in [-0.2, 0) is 0 Å². The molecule has 0 radical (unpaired) electrons. The third-order valence-corrected chi connectivity index (χ3v) is 3.42. The van der Waals surface area contributed by atoms with Crippen LogP contribution in [0.4, 0.5) is 11.5 Å². The van der Waals surface area contributed by atoms with Crippen LogP contribution in [0.25, 0.3) is 0 Å². The van der Waals surface area contributed by atoms with Gasteiger partial charge in [-0.1, -0.05) is 0 Å². The number of anilines is 2. The van der Waals surface area contributed by atoms with Crippen molar-refractivity contribution in [1.82, 2.24) is 9.88 Å². The van der Waals surface area contributed by atoms with E-state index in [1.54, 1.807) is 0 Å². The maximum atomic E-state index is 11.3. The molecule has 1 saturated heterocycles. The Morgan fingerprint density at radius 1 is 1.35 bits per heavy atom. The first kappa shape index (κ1) is 14.5. The summed E-state index contributed by atoms with van der Waals surface area (Å²) in [5.74, 6) is -0.547. The van der Waals surface area contributed by atoms with E-state index in [1.165, 1.54) is 12.3 Å². The van der Waals surface area contributed by atoms with Crippen molar-refractivity contribution in [3.8, 4) is 0 Å². The second-order valence-electron chi connectivity index (χ2n) is 4.85. The second kappa shape index (κ2) is 6.53. The summed E-state index contributed by atoms with van der Waals surface area (Å²) in [6, 6.07) is 1.45. The Bertz CT molecular complexity index is 481. The number of carbonyl (C=O) groups is 1. The lowest BCUT2D eigenvalue weighted by atomic mass is 10.2. The van der Waals surface area contributed by atoms with Gasteiger partial charge >= 0.3 is 5.97 Å². The van der Waals surface area contributed by atoms with Gasteiger partial charge in [0.2, 0.25) is 0 Å². The molecule has 0 aliphatic carbocycles. The number of aromatic nitrogens is 1. The molecule has 20 heavy (non-hydrogen) atoms. The number of aliphatic hydroxyl groups excluding tert-OH is 1. The highest BCUT2D eigenvalue weighted by Crippen LogP contribution is 2.21. The lowest BCUT2D eigenvalue weighted by Crippen LogP contribution is -2.33. The maximum Gasteiger partial charge on any atom is 0.339 e. The topological polar surface area (TPSA) is 103 Å². The van der Waals surface area contributed by atoms with E-state index in [4.69, 9.17) is 10.8 Å². The number of rotatable bonds is 4. The Labute approximate surface area is 117 Å². The van der Waals surface area contributed by atoms with Crippen LogP contribution in [0.2, 0.25) is 0 Å². The molecule has 0 amide bonds. The van der Waals surface area contributed by atoms with Gasteiger partial charge < -0.3 is 20.8 Å². The predicted molar refractivity (Wildman–Crippen MR) is 76.0 cm³/mol. The summed E-state index contributed by atoms with van der Waals surface area (Å²) in [4.78, 5) is 19.6. The van der Waals surface area contributed by atoms with Gasteiger partial charge in [-0.15, -0.1) is 0 Å². The summed E-state index contributed by atoms with van der Waals surface area (Å²) in [6.45, 7) is 3.91.